The van der Waals surface area contributed by atoms with Crippen LogP contribution in [0.5, 0.6) is 0 Å². The van der Waals surface area contributed by atoms with Crippen molar-refractivity contribution < 1.29 is 63.6 Å². The molecule has 0 fully saturated rings. The number of nitrogens with two attached hydrogens (primary N) is 4. The number of primary amides is 2. The molecule has 0 radical (unpaired) electrons. The van der Waals surface area contributed by atoms with Gasteiger partial charge in [0, 0.05) is 19.4 Å². The van der Waals surface area contributed by atoms with Gasteiger partial charge in [0.2, 0.25) is 47.0 Å². The number of carboxylic acid groups (broad SMARTS) is 1. The molecule has 18 N–H and O–H groups in total. The summed E-state index contributed by atoms with van der Waals surface area (Å²) < 4.78 is 0. The largest absolute Gasteiger partial charge is 0.480 e. The Kier molecular flexibility index (Phi) is 22.3. The first kappa shape index (κ1) is 49.6. The summed E-state index contributed by atoms with van der Waals surface area (Å²) >= 11 is 0. The molecule has 1 aromatic carbocycles. The normalized spacial score (nSPS) is 15.3. The van der Waals surface area contributed by atoms with Gasteiger partial charge in [0.25, 0.3) is 0 Å². The maximum absolute atomic E-state index is 12.9. The Balaban J connectivity index is 2.62. The minimum Gasteiger partial charge on any atom is -0.480 e. The van der Waals surface area contributed by atoms with Gasteiger partial charge in [-0.1, -0.05) is 30.3 Å². The van der Waals surface area contributed by atoms with E-state index in [1.165, 1.54) is 0 Å². The minimum absolute atomic E-state index is 0.0469. The number of hydrogen-bond donors (Lipinski definition) is 14. The maximum Gasteiger partial charge on any atom is 0.322 e. The molecule has 0 spiro atoms. The van der Waals surface area contributed by atoms with Gasteiger partial charge in [-0.3, -0.25) is 43.2 Å². The molecule has 8 atom stereocenters. The van der Waals surface area contributed by atoms with Crippen LogP contribution in [0.25, 0.3) is 0 Å². The number of nitrogens with one attached hydrogen (secondary N) is 6. The summed E-state index contributed by atoms with van der Waals surface area (Å²) in [5, 5.41) is 48.1. The number of rotatable bonds is 29. The third-order valence-electron chi connectivity index (χ3n) is 8.31. The van der Waals surface area contributed by atoms with Crippen molar-refractivity contribution in [1.82, 2.24) is 32.1 Å². The number of carbonyl (C=O) groups is 9. The Morgan fingerprint density at radius 3 is 1.82 bits per heavy atom. The van der Waals surface area contributed by atoms with Gasteiger partial charge in [0.15, 0.2) is 0 Å². The van der Waals surface area contributed by atoms with Gasteiger partial charge in [0.05, 0.1) is 37.8 Å². The van der Waals surface area contributed by atoms with Crippen molar-refractivity contribution in [2.75, 3.05) is 19.8 Å². The highest BCUT2D eigenvalue weighted by Gasteiger charge is 2.36. The molecule has 0 aromatic heterocycles. The second-order valence-corrected chi connectivity index (χ2v) is 13.0. The van der Waals surface area contributed by atoms with Gasteiger partial charge < -0.3 is 64.6 Å². The van der Waals surface area contributed by atoms with E-state index in [0.717, 1.165) is 6.92 Å². The van der Waals surface area contributed by atoms with E-state index < -0.39 is 121 Å². The van der Waals surface area contributed by atoms with Crippen LogP contribution in [0.1, 0.15) is 51.0 Å². The van der Waals surface area contributed by atoms with Crippen LogP contribution in [-0.4, -0.2) is 142 Å². The van der Waals surface area contributed by atoms with Crippen LogP contribution >= 0.6 is 0 Å². The molecule has 0 saturated heterocycles. The molecule has 0 aliphatic rings. The SMILES string of the molecule is C[C@@H](O)[C@H](NC(=O)[C@@H](N)CC(N)=O)C(=O)C(=O)[C@H](CO)NNC(CCC(=O)NCCCCC(N)C(=O)NC(Cc1ccccc1)C(=O)NC(CO)C(N)=O)C(=O)O. The predicted octanol–water partition coefficient (Wildman–Crippen LogP) is -6.81. The number of aliphatic carboxylic acids is 1. The number of unbranched alkanes of at least 4 members (excludes halogenated alkanes) is 1. The molecule has 23 nitrogen and oxygen atoms in total. The van der Waals surface area contributed by atoms with E-state index in [1.54, 1.807) is 30.3 Å². The summed E-state index contributed by atoms with van der Waals surface area (Å²) in [6.45, 7) is -0.564. The number of aliphatic hydroxyl groups excluding tert-OH is 3. The van der Waals surface area contributed by atoms with Gasteiger partial charge in [-0.2, -0.15) is 0 Å². The molecule has 0 bridgehead atoms. The molecule has 0 heterocycles. The summed E-state index contributed by atoms with van der Waals surface area (Å²) in [6.07, 6.45) is -1.93. The van der Waals surface area contributed by atoms with E-state index in [4.69, 9.17) is 22.9 Å². The van der Waals surface area contributed by atoms with Crippen molar-refractivity contribution in [3.63, 3.8) is 0 Å². The highest BCUT2D eigenvalue weighted by Crippen LogP contribution is 2.07. The van der Waals surface area contributed by atoms with Crippen LogP contribution in [0.2, 0.25) is 0 Å². The summed E-state index contributed by atoms with van der Waals surface area (Å²) in [7, 11) is 0. The Bertz CT molecular complexity index is 1550. The number of carbonyl (C=O) groups excluding carboxylic acids is 8. The van der Waals surface area contributed by atoms with Gasteiger partial charge in [-0.25, -0.2) is 10.9 Å². The highest BCUT2D eigenvalue weighted by atomic mass is 16.4. The summed E-state index contributed by atoms with van der Waals surface area (Å²) in [5.74, 6) is -9.12. The zero-order chi connectivity index (χ0) is 43.2. The molecule has 4 unspecified atom stereocenters. The van der Waals surface area contributed by atoms with Crippen molar-refractivity contribution >= 4 is 53.0 Å². The Morgan fingerprint density at radius 1 is 0.702 bits per heavy atom. The van der Waals surface area contributed by atoms with Gasteiger partial charge in [-0.15, -0.1) is 0 Å². The average molecular weight is 811 g/mol. The van der Waals surface area contributed by atoms with Gasteiger partial charge >= 0.3 is 5.97 Å². The number of amides is 6. The summed E-state index contributed by atoms with van der Waals surface area (Å²) in [4.78, 5) is 110. The number of benzene rings is 1. The van der Waals surface area contributed by atoms with Gasteiger partial charge in [0.1, 0.15) is 30.2 Å². The zero-order valence-corrected chi connectivity index (χ0v) is 31.3. The highest BCUT2D eigenvalue weighted by molar-refractivity contribution is 6.41. The lowest BCUT2D eigenvalue weighted by Gasteiger charge is -2.24. The Labute approximate surface area is 327 Å². The molecule has 0 aliphatic carbocycles. The van der Waals surface area contributed by atoms with E-state index in [1.807, 2.05) is 5.32 Å². The van der Waals surface area contributed by atoms with E-state index in [-0.39, 0.29) is 32.2 Å². The third-order valence-corrected chi connectivity index (χ3v) is 8.31. The number of aliphatic hydroxyl groups is 3. The van der Waals surface area contributed by atoms with Crippen LogP contribution in [0.3, 0.4) is 0 Å². The lowest BCUT2D eigenvalue weighted by Crippen LogP contribution is -2.60. The number of hydrogen-bond acceptors (Lipinski definition) is 16. The first-order valence-corrected chi connectivity index (χ1v) is 17.8. The maximum atomic E-state index is 12.9. The monoisotopic (exact) mass is 810 g/mol. The molecule has 23 heteroatoms. The zero-order valence-electron chi connectivity index (χ0n) is 31.3. The molecular weight excluding hydrogens is 756 g/mol. The Morgan fingerprint density at radius 2 is 1.28 bits per heavy atom. The molecule has 1 aromatic rings. The number of carboxylic acids is 1. The molecule has 318 valence electrons. The fourth-order valence-corrected chi connectivity index (χ4v) is 4.98. The van der Waals surface area contributed by atoms with Crippen molar-refractivity contribution in [2.24, 2.45) is 22.9 Å². The van der Waals surface area contributed by atoms with Crippen LogP contribution in [0.15, 0.2) is 30.3 Å². The molecule has 57 heavy (non-hydrogen) atoms. The quantitative estimate of drug-likeness (QED) is 0.0203. The predicted molar refractivity (Wildman–Crippen MR) is 198 cm³/mol. The first-order chi connectivity index (χ1) is 26.8. The smallest absolute Gasteiger partial charge is 0.322 e. The lowest BCUT2D eigenvalue weighted by atomic mass is 9.99. The molecule has 6 amide bonds. The van der Waals surface area contributed by atoms with E-state index in [2.05, 4.69) is 26.8 Å². The Hall–Kier alpha value is -5.43. The second-order valence-electron chi connectivity index (χ2n) is 13.0. The van der Waals surface area contributed by atoms with Crippen molar-refractivity contribution in [1.29, 1.82) is 0 Å². The molecule has 0 aliphatic heterocycles. The fraction of sp³-hybridized carbons (Fsp3) is 0.559. The standard InChI is InChI=1S/C34H54N10O13/c1-17(47)27(42-32(54)20(36)14-25(37)48)29(51)28(50)23(15-45)44-43-21(34(56)57)10-11-26(49)39-12-6-5-9-19(35)31(53)40-22(13-18-7-3-2-4-8-18)33(55)41-24(16-46)30(38)52/h2-4,7-8,17,19-24,27,43-47H,5-6,9-16,35-36H2,1H3,(H2,37,48)(H2,38,52)(H,39,49)(H,40,53)(H,41,55)(H,42,54)(H,56,57)/t17-,19?,20+,21?,22?,23+,24?,27+/m1/s1. The van der Waals surface area contributed by atoms with Crippen molar-refractivity contribution in [3.8, 4) is 0 Å². The molecular formula is C34H54N10O13. The summed E-state index contributed by atoms with van der Waals surface area (Å²) in [5.41, 5.74) is 26.9. The molecule has 0 saturated carbocycles. The minimum atomic E-state index is -1.83. The topological polar surface area (TPSA) is 411 Å². The van der Waals surface area contributed by atoms with Crippen LogP contribution < -0.4 is 55.1 Å². The second kappa shape index (κ2) is 25.7. The number of Topliss-reactive ketones (excluding diaryl/α,β-unsaturated/α-hetero) is 2. The van der Waals surface area contributed by atoms with Crippen molar-refractivity contribution in [3.05, 3.63) is 35.9 Å². The third kappa shape index (κ3) is 18.4. The van der Waals surface area contributed by atoms with Crippen LogP contribution in [0, 0.1) is 0 Å². The van der Waals surface area contributed by atoms with E-state index in [0.29, 0.717) is 18.4 Å². The number of hydrazine groups is 1. The van der Waals surface area contributed by atoms with E-state index in [9.17, 15) is 63.6 Å². The lowest BCUT2D eigenvalue weighted by molar-refractivity contribution is -0.143. The fourth-order valence-electron chi connectivity index (χ4n) is 4.98. The molecule has 1 rings (SSSR count). The number of ketones is 2. The van der Waals surface area contributed by atoms with E-state index >= 15 is 0 Å². The van der Waals surface area contributed by atoms with Crippen LogP contribution in [0.4, 0.5) is 0 Å². The summed E-state index contributed by atoms with van der Waals surface area (Å²) in [6, 6.07) is -1.46. The van der Waals surface area contributed by atoms with Gasteiger partial charge in [-0.05, 0) is 38.2 Å². The van der Waals surface area contributed by atoms with Crippen LogP contribution in [-0.2, 0) is 49.6 Å². The van der Waals surface area contributed by atoms with Crippen molar-refractivity contribution in [2.45, 2.75) is 100 Å². The average Bonchev–Trinajstić information content (AvgIpc) is 3.15. The first-order valence-electron chi connectivity index (χ1n) is 17.8.